The molecule has 0 N–H and O–H groups in total. The molecule has 1 saturated heterocycles. The number of carbonyl (C=O) groups excluding carboxylic acids is 1. The number of carbonyl (C=O) groups is 1. The van der Waals surface area contributed by atoms with Crippen molar-refractivity contribution in [1.29, 1.82) is 0 Å². The maximum absolute atomic E-state index is 13.8. The highest BCUT2D eigenvalue weighted by Gasteiger charge is 2.50. The van der Waals surface area contributed by atoms with Crippen molar-refractivity contribution >= 4 is 11.7 Å². The summed E-state index contributed by atoms with van der Waals surface area (Å²) in [6, 6.07) is 2.48. The summed E-state index contributed by atoms with van der Waals surface area (Å²) in [6.45, 7) is 14.0. The van der Waals surface area contributed by atoms with Gasteiger partial charge in [0.25, 0.3) is 0 Å². The van der Waals surface area contributed by atoms with Crippen molar-refractivity contribution in [2.45, 2.75) is 66.1 Å². The molecule has 1 aliphatic heterocycles. The maximum atomic E-state index is 13.8. The lowest BCUT2D eigenvalue weighted by atomic mass is 9.74. The summed E-state index contributed by atoms with van der Waals surface area (Å²) in [5, 5.41) is 0. The van der Waals surface area contributed by atoms with Gasteiger partial charge in [-0.3, -0.25) is 4.79 Å². The minimum Gasteiger partial charge on any atom is -0.353 e. The van der Waals surface area contributed by atoms with Gasteiger partial charge in [0.2, 0.25) is 5.91 Å². The summed E-state index contributed by atoms with van der Waals surface area (Å²) < 4.78 is 39.2. The van der Waals surface area contributed by atoms with Crippen LogP contribution in [0.4, 0.5) is 19.0 Å². The Kier molecular flexibility index (Phi) is 7.37. The van der Waals surface area contributed by atoms with Gasteiger partial charge in [0.1, 0.15) is 5.82 Å². The Morgan fingerprint density at radius 3 is 2.39 bits per heavy atom. The molecule has 0 spiro atoms. The largest absolute Gasteiger partial charge is 0.416 e. The van der Waals surface area contributed by atoms with E-state index in [2.05, 4.69) is 51.6 Å². The first-order valence-electron chi connectivity index (χ1n) is 12.0. The van der Waals surface area contributed by atoms with Gasteiger partial charge in [-0.25, -0.2) is 4.98 Å². The van der Waals surface area contributed by atoms with Gasteiger partial charge in [0.05, 0.1) is 11.0 Å². The van der Waals surface area contributed by atoms with Crippen molar-refractivity contribution in [2.24, 2.45) is 16.7 Å². The van der Waals surface area contributed by atoms with Crippen molar-refractivity contribution in [3.63, 3.8) is 0 Å². The summed E-state index contributed by atoms with van der Waals surface area (Å²) in [4.78, 5) is 24.1. The highest BCUT2D eigenvalue weighted by Crippen LogP contribution is 2.47. The summed E-state index contributed by atoms with van der Waals surface area (Å²) in [5.41, 5.74) is -0.857. The summed E-state index contributed by atoms with van der Waals surface area (Å²) in [7, 11) is 2.16. The number of anilines is 1. The van der Waals surface area contributed by atoms with E-state index in [1.807, 2.05) is 9.80 Å². The van der Waals surface area contributed by atoms with E-state index in [1.54, 1.807) is 0 Å². The van der Waals surface area contributed by atoms with E-state index in [4.69, 9.17) is 0 Å². The topological polar surface area (TPSA) is 39.7 Å². The molecule has 8 heteroatoms. The highest BCUT2D eigenvalue weighted by atomic mass is 19.4. The number of rotatable bonds is 5. The molecule has 33 heavy (non-hydrogen) atoms. The Morgan fingerprint density at radius 1 is 1.21 bits per heavy atom. The fraction of sp³-hybridized carbons (Fsp3) is 0.760. The quantitative estimate of drug-likeness (QED) is 0.615. The second-order valence-corrected chi connectivity index (χ2v) is 11.4. The second kappa shape index (κ2) is 9.43. The standard InChI is InChI=1S/C25H39F3N4O/c1-18(2)24(9-7-20(16-24)30(6)17-23(3,4)5)22(33)32-13-11-31(12-14-32)21-15-19(8-10-29-21)25(26,27)28/h8,10,15,18,20H,7,9,11-14,16-17H2,1-6H3/t20-,24+/m1/s1. The number of aromatic nitrogens is 1. The van der Waals surface area contributed by atoms with Crippen LogP contribution in [0.2, 0.25) is 0 Å². The Morgan fingerprint density at radius 2 is 1.85 bits per heavy atom. The van der Waals surface area contributed by atoms with Gasteiger partial charge in [-0.1, -0.05) is 34.6 Å². The molecule has 0 bridgehead atoms. The van der Waals surface area contributed by atoms with Crippen LogP contribution >= 0.6 is 0 Å². The first-order valence-corrected chi connectivity index (χ1v) is 12.0. The lowest BCUT2D eigenvalue weighted by Gasteiger charge is -2.42. The Bertz CT molecular complexity index is 828. The monoisotopic (exact) mass is 468 g/mol. The van der Waals surface area contributed by atoms with Gasteiger partial charge in [-0.2, -0.15) is 13.2 Å². The van der Waals surface area contributed by atoms with Crippen molar-refractivity contribution in [2.75, 3.05) is 44.7 Å². The van der Waals surface area contributed by atoms with Gasteiger partial charge in [-0.15, -0.1) is 0 Å². The average Bonchev–Trinajstić information content (AvgIpc) is 3.19. The van der Waals surface area contributed by atoms with E-state index < -0.39 is 11.7 Å². The molecule has 5 nitrogen and oxygen atoms in total. The molecule has 1 aromatic heterocycles. The van der Waals surface area contributed by atoms with Crippen LogP contribution in [0.25, 0.3) is 0 Å². The predicted octanol–water partition coefficient (Wildman–Crippen LogP) is 4.92. The summed E-state index contributed by atoms with van der Waals surface area (Å²) in [5.74, 6) is 0.766. The van der Waals surface area contributed by atoms with E-state index in [9.17, 15) is 18.0 Å². The normalized spacial score (nSPS) is 24.8. The van der Waals surface area contributed by atoms with Gasteiger partial charge in [-0.05, 0) is 49.8 Å². The molecule has 2 fully saturated rings. The second-order valence-electron chi connectivity index (χ2n) is 11.4. The third-order valence-electron chi connectivity index (χ3n) is 7.37. The van der Waals surface area contributed by atoms with Crippen LogP contribution in [0.1, 0.15) is 59.4 Å². The maximum Gasteiger partial charge on any atom is 0.416 e. The van der Waals surface area contributed by atoms with Crippen LogP contribution in [-0.4, -0.2) is 66.5 Å². The molecule has 1 saturated carbocycles. The van der Waals surface area contributed by atoms with Crippen LogP contribution in [0, 0.1) is 16.7 Å². The Hall–Kier alpha value is -1.83. The number of hydrogen-bond donors (Lipinski definition) is 0. The van der Waals surface area contributed by atoms with Gasteiger partial charge in [0, 0.05) is 45.0 Å². The van der Waals surface area contributed by atoms with E-state index in [-0.39, 0.29) is 22.7 Å². The van der Waals surface area contributed by atoms with E-state index >= 15 is 0 Å². The van der Waals surface area contributed by atoms with E-state index in [0.29, 0.717) is 38.0 Å². The third-order valence-corrected chi connectivity index (χ3v) is 7.37. The lowest BCUT2D eigenvalue weighted by Crippen LogP contribution is -2.54. The van der Waals surface area contributed by atoms with Gasteiger partial charge < -0.3 is 14.7 Å². The van der Waals surface area contributed by atoms with Crippen LogP contribution in [0.15, 0.2) is 18.3 Å². The molecular formula is C25H39F3N4O. The number of halogens is 3. The smallest absolute Gasteiger partial charge is 0.353 e. The molecule has 1 aromatic rings. The first-order chi connectivity index (χ1) is 15.2. The zero-order valence-corrected chi connectivity index (χ0v) is 20.9. The molecule has 2 aliphatic rings. The first kappa shape index (κ1) is 25.8. The number of nitrogens with zero attached hydrogens (tertiary/aromatic N) is 4. The van der Waals surface area contributed by atoms with Crippen molar-refractivity contribution < 1.29 is 18.0 Å². The van der Waals surface area contributed by atoms with Crippen molar-refractivity contribution in [1.82, 2.24) is 14.8 Å². The molecule has 2 atom stereocenters. The zero-order valence-electron chi connectivity index (χ0n) is 20.9. The molecule has 1 aliphatic carbocycles. The van der Waals surface area contributed by atoms with Gasteiger partial charge >= 0.3 is 6.18 Å². The van der Waals surface area contributed by atoms with Crippen molar-refractivity contribution in [3.8, 4) is 0 Å². The van der Waals surface area contributed by atoms with Crippen LogP contribution in [0.5, 0.6) is 0 Å². The lowest BCUT2D eigenvalue weighted by molar-refractivity contribution is -0.145. The Labute approximate surface area is 196 Å². The summed E-state index contributed by atoms with van der Waals surface area (Å²) in [6.07, 6.45) is -0.414. The summed E-state index contributed by atoms with van der Waals surface area (Å²) >= 11 is 0. The molecule has 2 heterocycles. The molecular weight excluding hydrogens is 429 g/mol. The SMILES string of the molecule is CC(C)[C@]1(C(=O)N2CCN(c3cc(C(F)(F)F)ccn3)CC2)CC[C@@H](N(C)CC(C)(C)C)C1. The van der Waals surface area contributed by atoms with E-state index in [0.717, 1.165) is 37.9 Å². The van der Waals surface area contributed by atoms with Gasteiger partial charge in [0.15, 0.2) is 0 Å². The Balaban J connectivity index is 1.66. The van der Waals surface area contributed by atoms with Crippen LogP contribution < -0.4 is 4.90 Å². The fourth-order valence-corrected chi connectivity index (χ4v) is 5.49. The van der Waals surface area contributed by atoms with Crippen LogP contribution in [-0.2, 0) is 11.0 Å². The van der Waals surface area contributed by atoms with E-state index in [1.165, 1.54) is 6.20 Å². The number of piperazine rings is 1. The minimum absolute atomic E-state index is 0.204. The average molecular weight is 469 g/mol. The molecule has 186 valence electrons. The molecule has 0 radical (unpaired) electrons. The minimum atomic E-state index is -4.39. The van der Waals surface area contributed by atoms with Crippen molar-refractivity contribution in [3.05, 3.63) is 23.9 Å². The number of hydrogen-bond acceptors (Lipinski definition) is 4. The number of alkyl halides is 3. The molecule has 3 rings (SSSR count). The highest BCUT2D eigenvalue weighted by molar-refractivity contribution is 5.84. The number of amides is 1. The zero-order chi connectivity index (χ0) is 24.6. The fourth-order valence-electron chi connectivity index (χ4n) is 5.49. The molecule has 0 aromatic carbocycles. The predicted molar refractivity (Wildman–Crippen MR) is 125 cm³/mol. The molecule has 1 amide bonds. The number of pyridine rings is 1. The molecule has 0 unspecified atom stereocenters. The van der Waals surface area contributed by atoms with Crippen LogP contribution in [0.3, 0.4) is 0 Å². The third kappa shape index (κ3) is 5.81.